The second-order valence-corrected chi connectivity index (χ2v) is 4.79. The first kappa shape index (κ1) is 13.7. The Labute approximate surface area is 115 Å². The maximum Gasteiger partial charge on any atom is 0.160 e. The van der Waals surface area contributed by atoms with Gasteiger partial charge < -0.3 is 0 Å². The molecule has 3 nitrogen and oxygen atoms in total. The molecule has 19 heavy (non-hydrogen) atoms. The van der Waals surface area contributed by atoms with Crippen molar-refractivity contribution in [2.45, 2.75) is 45.4 Å². The zero-order valence-electron chi connectivity index (χ0n) is 11.7. The Kier molecular flexibility index (Phi) is 5.01. The van der Waals surface area contributed by atoms with Crippen LogP contribution < -0.4 is 0 Å². The lowest BCUT2D eigenvalue weighted by Crippen LogP contribution is -2.02. The van der Waals surface area contributed by atoms with Crippen LogP contribution in [0.25, 0.3) is 11.4 Å². The lowest BCUT2D eigenvalue weighted by Gasteiger charge is -2.14. The molecule has 2 rings (SSSR count). The minimum atomic E-state index is 0.540. The summed E-state index contributed by atoms with van der Waals surface area (Å²) in [7, 11) is 0. The van der Waals surface area contributed by atoms with Crippen molar-refractivity contribution in [3.8, 4) is 11.4 Å². The molecule has 0 fully saturated rings. The van der Waals surface area contributed by atoms with E-state index in [9.17, 15) is 0 Å². The van der Waals surface area contributed by atoms with Crippen LogP contribution in [0, 0.1) is 0 Å². The molecule has 0 bridgehead atoms. The van der Waals surface area contributed by atoms with Gasteiger partial charge in [-0.2, -0.15) is 0 Å². The van der Waals surface area contributed by atoms with Crippen molar-refractivity contribution in [3.63, 3.8) is 0 Å². The Balaban J connectivity index is 2.23. The largest absolute Gasteiger partial charge is 0.264 e. The van der Waals surface area contributed by atoms with Crippen LogP contribution >= 0.6 is 0 Å². The SMILES string of the molecule is CCCCC(CC)c1ccnc(-c2cccnc2)n1. The van der Waals surface area contributed by atoms with Crippen LogP contribution in [0.3, 0.4) is 0 Å². The molecule has 1 unspecified atom stereocenters. The number of pyridine rings is 1. The molecule has 2 aromatic rings. The van der Waals surface area contributed by atoms with Crippen LogP contribution in [0.2, 0.25) is 0 Å². The molecule has 3 heteroatoms. The van der Waals surface area contributed by atoms with E-state index in [1.807, 2.05) is 30.6 Å². The Hall–Kier alpha value is -1.77. The predicted octanol–water partition coefficient (Wildman–Crippen LogP) is 4.22. The lowest BCUT2D eigenvalue weighted by molar-refractivity contribution is 0.557. The summed E-state index contributed by atoms with van der Waals surface area (Å²) in [6, 6.07) is 5.96. The molecule has 0 aliphatic rings. The summed E-state index contributed by atoms with van der Waals surface area (Å²) in [5.74, 6) is 1.32. The third-order valence-electron chi connectivity index (χ3n) is 3.41. The van der Waals surface area contributed by atoms with E-state index in [0.717, 1.165) is 23.5 Å². The van der Waals surface area contributed by atoms with Crippen LogP contribution in [-0.4, -0.2) is 15.0 Å². The average Bonchev–Trinajstić information content (AvgIpc) is 2.49. The lowest BCUT2D eigenvalue weighted by atomic mass is 9.95. The fourth-order valence-corrected chi connectivity index (χ4v) is 2.25. The van der Waals surface area contributed by atoms with Gasteiger partial charge in [0.1, 0.15) is 0 Å². The monoisotopic (exact) mass is 255 g/mol. The number of hydrogen-bond acceptors (Lipinski definition) is 3. The van der Waals surface area contributed by atoms with Crippen molar-refractivity contribution >= 4 is 0 Å². The Morgan fingerprint density at radius 2 is 2.05 bits per heavy atom. The van der Waals surface area contributed by atoms with Crippen molar-refractivity contribution in [1.82, 2.24) is 15.0 Å². The fourth-order valence-electron chi connectivity index (χ4n) is 2.25. The molecule has 100 valence electrons. The van der Waals surface area contributed by atoms with Crippen molar-refractivity contribution < 1.29 is 0 Å². The normalized spacial score (nSPS) is 12.3. The van der Waals surface area contributed by atoms with Crippen LogP contribution in [0.1, 0.15) is 51.1 Å². The summed E-state index contributed by atoms with van der Waals surface area (Å²) in [6.45, 7) is 4.46. The van der Waals surface area contributed by atoms with Gasteiger partial charge in [-0.05, 0) is 31.0 Å². The maximum absolute atomic E-state index is 4.72. The van der Waals surface area contributed by atoms with Gasteiger partial charge in [0.05, 0.1) is 0 Å². The van der Waals surface area contributed by atoms with Gasteiger partial charge in [0.15, 0.2) is 5.82 Å². The molecule has 0 aromatic carbocycles. The van der Waals surface area contributed by atoms with Crippen molar-refractivity contribution in [1.29, 1.82) is 0 Å². The fraction of sp³-hybridized carbons (Fsp3) is 0.438. The number of nitrogens with zero attached hydrogens (tertiary/aromatic N) is 3. The zero-order valence-corrected chi connectivity index (χ0v) is 11.7. The minimum absolute atomic E-state index is 0.540. The maximum atomic E-state index is 4.72. The van der Waals surface area contributed by atoms with Gasteiger partial charge in [0.2, 0.25) is 0 Å². The predicted molar refractivity (Wildman–Crippen MR) is 77.8 cm³/mol. The minimum Gasteiger partial charge on any atom is -0.264 e. The van der Waals surface area contributed by atoms with E-state index < -0.39 is 0 Å². The van der Waals surface area contributed by atoms with E-state index in [1.54, 1.807) is 6.20 Å². The van der Waals surface area contributed by atoms with E-state index in [1.165, 1.54) is 19.3 Å². The summed E-state index contributed by atoms with van der Waals surface area (Å²) in [5.41, 5.74) is 2.14. The number of aromatic nitrogens is 3. The van der Waals surface area contributed by atoms with Gasteiger partial charge in [0.25, 0.3) is 0 Å². The number of rotatable bonds is 6. The van der Waals surface area contributed by atoms with E-state index >= 15 is 0 Å². The first-order valence-corrected chi connectivity index (χ1v) is 7.08. The molecule has 1 atom stereocenters. The molecule has 0 amide bonds. The van der Waals surface area contributed by atoms with E-state index in [2.05, 4.69) is 23.8 Å². The highest BCUT2D eigenvalue weighted by molar-refractivity contribution is 5.52. The molecule has 0 spiro atoms. The Bertz CT molecular complexity index is 496. The first-order chi connectivity index (χ1) is 9.35. The Morgan fingerprint density at radius 1 is 1.16 bits per heavy atom. The second-order valence-electron chi connectivity index (χ2n) is 4.79. The van der Waals surface area contributed by atoms with E-state index in [4.69, 9.17) is 4.98 Å². The van der Waals surface area contributed by atoms with Gasteiger partial charge in [-0.1, -0.05) is 26.7 Å². The van der Waals surface area contributed by atoms with Gasteiger partial charge in [-0.25, -0.2) is 9.97 Å². The highest BCUT2D eigenvalue weighted by atomic mass is 14.9. The van der Waals surface area contributed by atoms with Gasteiger partial charge in [-0.15, -0.1) is 0 Å². The smallest absolute Gasteiger partial charge is 0.160 e. The van der Waals surface area contributed by atoms with Crippen molar-refractivity contribution in [3.05, 3.63) is 42.5 Å². The van der Waals surface area contributed by atoms with Gasteiger partial charge in [-0.3, -0.25) is 4.98 Å². The third-order valence-corrected chi connectivity index (χ3v) is 3.41. The van der Waals surface area contributed by atoms with Gasteiger partial charge >= 0.3 is 0 Å². The van der Waals surface area contributed by atoms with Crippen LogP contribution in [0.5, 0.6) is 0 Å². The summed E-state index contributed by atoms with van der Waals surface area (Å²) in [4.78, 5) is 13.2. The Morgan fingerprint density at radius 3 is 2.74 bits per heavy atom. The topological polar surface area (TPSA) is 38.7 Å². The molecule has 0 aliphatic carbocycles. The summed E-state index contributed by atoms with van der Waals surface area (Å²) in [6.07, 6.45) is 10.3. The molecule has 2 heterocycles. The van der Waals surface area contributed by atoms with E-state index in [-0.39, 0.29) is 0 Å². The number of hydrogen-bond donors (Lipinski definition) is 0. The standard InChI is InChI=1S/C16H21N3/c1-3-5-7-13(4-2)15-9-11-18-16(19-15)14-8-6-10-17-12-14/h6,8-13H,3-5,7H2,1-2H3. The molecular formula is C16H21N3. The summed E-state index contributed by atoms with van der Waals surface area (Å²) in [5, 5.41) is 0. The van der Waals surface area contributed by atoms with Crippen molar-refractivity contribution in [2.24, 2.45) is 0 Å². The molecule has 0 saturated carbocycles. The van der Waals surface area contributed by atoms with E-state index in [0.29, 0.717) is 5.92 Å². The highest BCUT2D eigenvalue weighted by Gasteiger charge is 2.12. The second kappa shape index (κ2) is 6.98. The first-order valence-electron chi connectivity index (χ1n) is 7.08. The van der Waals surface area contributed by atoms with Crippen molar-refractivity contribution in [2.75, 3.05) is 0 Å². The molecule has 0 aliphatic heterocycles. The molecule has 0 radical (unpaired) electrons. The molecular weight excluding hydrogens is 234 g/mol. The highest BCUT2D eigenvalue weighted by Crippen LogP contribution is 2.25. The molecule has 0 N–H and O–H groups in total. The van der Waals surface area contributed by atoms with Crippen LogP contribution in [-0.2, 0) is 0 Å². The average molecular weight is 255 g/mol. The molecule has 0 saturated heterocycles. The van der Waals surface area contributed by atoms with Gasteiger partial charge in [0, 0.05) is 35.8 Å². The molecule has 2 aromatic heterocycles. The number of unbranched alkanes of at least 4 members (excludes halogenated alkanes) is 1. The summed E-state index contributed by atoms with van der Waals surface area (Å²) < 4.78 is 0. The quantitative estimate of drug-likeness (QED) is 0.775. The van der Waals surface area contributed by atoms with Crippen LogP contribution in [0.4, 0.5) is 0 Å². The van der Waals surface area contributed by atoms with Crippen LogP contribution in [0.15, 0.2) is 36.8 Å². The summed E-state index contributed by atoms with van der Waals surface area (Å²) >= 11 is 0. The third kappa shape index (κ3) is 3.60. The zero-order chi connectivity index (χ0) is 13.5.